The minimum Gasteiger partial charge on any atom is -0.378 e. The maximum absolute atomic E-state index is 12.5. The maximum atomic E-state index is 12.5. The van der Waals surface area contributed by atoms with Crippen molar-refractivity contribution in [2.45, 2.75) is 45.1 Å². The second-order valence-electron chi connectivity index (χ2n) is 7.61. The second-order valence-corrected chi connectivity index (χ2v) is 7.61. The molecule has 0 bridgehead atoms. The van der Waals surface area contributed by atoms with Crippen molar-refractivity contribution in [2.75, 3.05) is 44.3 Å². The van der Waals surface area contributed by atoms with Crippen LogP contribution in [0.1, 0.15) is 44.1 Å². The van der Waals surface area contributed by atoms with Gasteiger partial charge in [0, 0.05) is 38.2 Å². The molecule has 9 heteroatoms. The van der Waals surface area contributed by atoms with Gasteiger partial charge in [-0.05, 0) is 33.6 Å². The van der Waals surface area contributed by atoms with Crippen LogP contribution in [0.2, 0.25) is 0 Å². The summed E-state index contributed by atoms with van der Waals surface area (Å²) in [5, 5.41) is 0. The van der Waals surface area contributed by atoms with Gasteiger partial charge in [0.05, 0.1) is 24.4 Å². The van der Waals surface area contributed by atoms with Gasteiger partial charge in [-0.3, -0.25) is 4.79 Å². The lowest BCUT2D eigenvalue weighted by atomic mass is 9.92. The molecule has 2 fully saturated rings. The number of morpholine rings is 1. The lowest BCUT2D eigenvalue weighted by molar-refractivity contribution is -0.137. The number of halogens is 2. The highest BCUT2D eigenvalue weighted by atomic mass is 35.5. The van der Waals surface area contributed by atoms with Crippen LogP contribution < -0.4 is 10.6 Å². The molecule has 0 saturated carbocycles. The van der Waals surface area contributed by atoms with Crippen LogP contribution in [-0.2, 0) is 9.53 Å². The van der Waals surface area contributed by atoms with Crippen molar-refractivity contribution in [3.05, 3.63) is 17.6 Å². The number of hydrogen-bond acceptors (Lipinski definition) is 6. The van der Waals surface area contributed by atoms with Crippen molar-refractivity contribution in [3.8, 4) is 0 Å². The van der Waals surface area contributed by atoms with Crippen LogP contribution in [0, 0.1) is 6.92 Å². The Morgan fingerprint density at radius 3 is 2.52 bits per heavy atom. The van der Waals surface area contributed by atoms with Crippen LogP contribution in [0.15, 0.2) is 6.07 Å². The molecule has 0 aliphatic carbocycles. The Bertz CT molecular complexity index is 633. The van der Waals surface area contributed by atoms with Gasteiger partial charge in [-0.1, -0.05) is 0 Å². The van der Waals surface area contributed by atoms with Gasteiger partial charge in [0.25, 0.3) is 0 Å². The van der Waals surface area contributed by atoms with Crippen LogP contribution in [0.5, 0.6) is 0 Å². The van der Waals surface area contributed by atoms with Gasteiger partial charge in [0.15, 0.2) is 0 Å². The summed E-state index contributed by atoms with van der Waals surface area (Å²) < 4.78 is 5.43. The van der Waals surface area contributed by atoms with Gasteiger partial charge < -0.3 is 20.3 Å². The molecular weight excluding hydrogens is 389 g/mol. The molecule has 1 unspecified atom stereocenters. The SMILES string of the molecule is Cc1nc(C2CCCN(C(=O)C(C)(C)N)C2)cc(N2CCOCC2)n1.Cl.Cl. The lowest BCUT2D eigenvalue weighted by Gasteiger charge is -2.36. The summed E-state index contributed by atoms with van der Waals surface area (Å²) in [5.74, 6) is 1.99. The Hall–Kier alpha value is -1.15. The molecular formula is C18H31Cl2N5O2. The largest absolute Gasteiger partial charge is 0.378 e. The average molecular weight is 420 g/mol. The molecule has 7 nitrogen and oxygen atoms in total. The molecule has 2 aliphatic heterocycles. The van der Waals surface area contributed by atoms with Crippen molar-refractivity contribution in [2.24, 2.45) is 5.73 Å². The van der Waals surface area contributed by atoms with Crippen molar-refractivity contribution < 1.29 is 9.53 Å². The predicted octanol–water partition coefficient (Wildman–Crippen LogP) is 1.91. The molecule has 1 atom stereocenters. The molecule has 0 radical (unpaired) electrons. The Kier molecular flexibility index (Phi) is 8.73. The van der Waals surface area contributed by atoms with E-state index in [4.69, 9.17) is 10.5 Å². The second kappa shape index (κ2) is 9.87. The number of ether oxygens (including phenoxy) is 1. The van der Waals surface area contributed by atoms with Crippen molar-refractivity contribution >= 4 is 36.5 Å². The lowest BCUT2D eigenvalue weighted by Crippen LogP contribution is -2.53. The third-order valence-corrected chi connectivity index (χ3v) is 4.86. The summed E-state index contributed by atoms with van der Waals surface area (Å²) in [5.41, 5.74) is 6.20. The summed E-state index contributed by atoms with van der Waals surface area (Å²) in [7, 11) is 0. The smallest absolute Gasteiger partial charge is 0.242 e. The molecule has 1 amide bonds. The third-order valence-electron chi connectivity index (χ3n) is 4.86. The van der Waals surface area contributed by atoms with Gasteiger partial charge in [0.1, 0.15) is 11.6 Å². The Morgan fingerprint density at radius 1 is 1.22 bits per heavy atom. The normalized spacial score (nSPS) is 20.5. The van der Waals surface area contributed by atoms with Crippen LogP contribution in [0.3, 0.4) is 0 Å². The summed E-state index contributed by atoms with van der Waals surface area (Å²) in [4.78, 5) is 25.9. The molecule has 0 aromatic carbocycles. The zero-order valence-electron chi connectivity index (χ0n) is 16.3. The number of nitrogens with zero attached hydrogens (tertiary/aromatic N) is 4. The van der Waals surface area contributed by atoms with Crippen LogP contribution >= 0.6 is 24.8 Å². The van der Waals surface area contributed by atoms with Gasteiger partial charge in [-0.2, -0.15) is 0 Å². The number of hydrogen-bond donors (Lipinski definition) is 1. The van der Waals surface area contributed by atoms with E-state index in [-0.39, 0.29) is 36.6 Å². The number of carbonyl (C=O) groups is 1. The molecule has 2 aliphatic rings. The van der Waals surface area contributed by atoms with Gasteiger partial charge in [-0.15, -0.1) is 24.8 Å². The molecule has 3 rings (SSSR count). The predicted molar refractivity (Wildman–Crippen MR) is 111 cm³/mol. The first kappa shape index (κ1) is 23.9. The first-order chi connectivity index (χ1) is 11.8. The average Bonchev–Trinajstić information content (AvgIpc) is 2.60. The van der Waals surface area contributed by atoms with E-state index in [1.54, 1.807) is 13.8 Å². The highest BCUT2D eigenvalue weighted by molar-refractivity contribution is 5.86. The van der Waals surface area contributed by atoms with E-state index < -0.39 is 5.54 Å². The monoisotopic (exact) mass is 419 g/mol. The third kappa shape index (κ3) is 5.91. The topological polar surface area (TPSA) is 84.6 Å². The summed E-state index contributed by atoms with van der Waals surface area (Å²) in [6, 6.07) is 2.09. The number of aromatic nitrogens is 2. The van der Waals surface area contributed by atoms with E-state index in [0.29, 0.717) is 6.54 Å². The minimum atomic E-state index is -0.831. The fourth-order valence-electron chi connectivity index (χ4n) is 3.55. The molecule has 154 valence electrons. The number of anilines is 1. The Balaban J connectivity index is 0.00000182. The number of aryl methyl sites for hydroxylation is 1. The number of rotatable bonds is 3. The van der Waals surface area contributed by atoms with E-state index in [1.165, 1.54) is 0 Å². The molecule has 2 saturated heterocycles. The van der Waals surface area contributed by atoms with Gasteiger partial charge in [0.2, 0.25) is 5.91 Å². The highest BCUT2D eigenvalue weighted by Crippen LogP contribution is 2.28. The number of piperidine rings is 1. The van der Waals surface area contributed by atoms with Gasteiger partial charge in [-0.25, -0.2) is 9.97 Å². The fourth-order valence-corrected chi connectivity index (χ4v) is 3.55. The van der Waals surface area contributed by atoms with Crippen molar-refractivity contribution in [1.82, 2.24) is 14.9 Å². The first-order valence-corrected chi connectivity index (χ1v) is 9.11. The quantitative estimate of drug-likeness (QED) is 0.804. The summed E-state index contributed by atoms with van der Waals surface area (Å²) >= 11 is 0. The Morgan fingerprint density at radius 2 is 1.89 bits per heavy atom. The van der Waals surface area contributed by atoms with Crippen molar-refractivity contribution in [3.63, 3.8) is 0 Å². The molecule has 27 heavy (non-hydrogen) atoms. The summed E-state index contributed by atoms with van der Waals surface area (Å²) in [6.45, 7) is 10.1. The highest BCUT2D eigenvalue weighted by Gasteiger charge is 2.32. The molecule has 0 spiro atoms. The number of nitrogens with two attached hydrogens (primary N) is 1. The van der Waals surface area contributed by atoms with Gasteiger partial charge >= 0.3 is 0 Å². The van der Waals surface area contributed by atoms with E-state index in [9.17, 15) is 4.79 Å². The van der Waals surface area contributed by atoms with E-state index in [2.05, 4.69) is 20.9 Å². The minimum absolute atomic E-state index is 0. The molecule has 1 aromatic rings. The number of likely N-dealkylation sites (tertiary alicyclic amines) is 1. The standard InChI is InChI=1S/C18H29N5O2.2ClH/c1-13-20-15(11-16(21-13)22-7-9-25-10-8-22)14-5-4-6-23(12-14)17(24)18(2,3)19;;/h11,14H,4-10,12,19H2,1-3H3;2*1H. The van der Waals surface area contributed by atoms with E-state index in [0.717, 1.165) is 63.0 Å². The fraction of sp³-hybridized carbons (Fsp3) is 0.722. The zero-order valence-corrected chi connectivity index (χ0v) is 17.9. The molecule has 3 heterocycles. The first-order valence-electron chi connectivity index (χ1n) is 9.11. The zero-order chi connectivity index (χ0) is 18.0. The van der Waals surface area contributed by atoms with E-state index in [1.807, 2.05) is 11.8 Å². The van der Waals surface area contributed by atoms with Crippen molar-refractivity contribution in [1.29, 1.82) is 0 Å². The molecule has 2 N–H and O–H groups in total. The van der Waals surface area contributed by atoms with Crippen LogP contribution in [-0.4, -0.2) is 65.7 Å². The number of carbonyl (C=O) groups excluding carboxylic acids is 1. The van der Waals surface area contributed by atoms with Crippen LogP contribution in [0.25, 0.3) is 0 Å². The molecule has 1 aromatic heterocycles. The number of amides is 1. The maximum Gasteiger partial charge on any atom is 0.242 e. The Labute approximate surface area is 173 Å². The summed E-state index contributed by atoms with van der Waals surface area (Å²) in [6.07, 6.45) is 2.01. The van der Waals surface area contributed by atoms with Crippen LogP contribution in [0.4, 0.5) is 5.82 Å². The van der Waals surface area contributed by atoms with E-state index >= 15 is 0 Å².